The molecular weight excluding hydrogens is 440 g/mol. The number of imidazole rings is 1. The molecule has 8 nitrogen and oxygen atoms in total. The van der Waals surface area contributed by atoms with Crippen LogP contribution in [0.25, 0.3) is 21.9 Å². The van der Waals surface area contributed by atoms with Gasteiger partial charge in [0.1, 0.15) is 5.82 Å². The first-order valence-corrected chi connectivity index (χ1v) is 12.0. The molecule has 2 aromatic heterocycles. The lowest BCUT2D eigenvalue weighted by Gasteiger charge is -2.24. The predicted molar refractivity (Wildman–Crippen MR) is 137 cm³/mol. The molecule has 0 bridgehead atoms. The molecule has 3 heterocycles. The van der Waals surface area contributed by atoms with Crippen LogP contribution in [0.2, 0.25) is 0 Å². The van der Waals surface area contributed by atoms with Crippen molar-refractivity contribution in [1.82, 2.24) is 24.8 Å². The second-order valence-electron chi connectivity index (χ2n) is 9.36. The normalized spacial score (nSPS) is 17.0. The zero-order chi connectivity index (χ0) is 24.4. The lowest BCUT2D eigenvalue weighted by Crippen LogP contribution is -2.37. The Hall–Kier alpha value is -3.78. The Kier molecular flexibility index (Phi) is 6.46. The molecule has 0 radical (unpaired) electrons. The predicted octanol–water partition coefficient (Wildman–Crippen LogP) is 3.38. The number of nitrogens with one attached hydrogen (secondary N) is 2. The van der Waals surface area contributed by atoms with E-state index in [0.29, 0.717) is 19.6 Å². The maximum atomic E-state index is 12.9. The number of aromatic nitrogens is 3. The maximum Gasteiger partial charge on any atom is 0.238 e. The summed E-state index contributed by atoms with van der Waals surface area (Å²) in [6.45, 7) is 6.49. The first-order chi connectivity index (χ1) is 16.9. The van der Waals surface area contributed by atoms with E-state index >= 15 is 0 Å². The Morgan fingerprint density at radius 3 is 2.83 bits per heavy atom. The van der Waals surface area contributed by atoms with Gasteiger partial charge in [-0.3, -0.25) is 19.5 Å². The number of hydrogen-bond donors (Lipinski definition) is 2. The molecule has 35 heavy (non-hydrogen) atoms. The molecule has 2 amide bonds. The number of fused-ring (bicyclic) bond motifs is 2. The van der Waals surface area contributed by atoms with Crippen molar-refractivity contribution in [2.24, 2.45) is 5.92 Å². The van der Waals surface area contributed by atoms with Crippen molar-refractivity contribution in [1.29, 1.82) is 0 Å². The van der Waals surface area contributed by atoms with Crippen molar-refractivity contribution in [3.8, 4) is 0 Å². The van der Waals surface area contributed by atoms with Gasteiger partial charge in [-0.25, -0.2) is 4.98 Å². The molecule has 8 heteroatoms. The SMILES string of the molecule is CC(=O)N1CCN(CC(=O)Nc2ccc3nc(C)[nH]c3c2)CC(Cc2cccc3cccnc23)C1. The first-order valence-electron chi connectivity index (χ1n) is 12.0. The number of amides is 2. The highest BCUT2D eigenvalue weighted by molar-refractivity contribution is 5.94. The van der Waals surface area contributed by atoms with Gasteiger partial charge in [0.15, 0.2) is 0 Å². The third-order valence-electron chi connectivity index (χ3n) is 6.60. The van der Waals surface area contributed by atoms with Gasteiger partial charge in [-0.2, -0.15) is 0 Å². The van der Waals surface area contributed by atoms with Crippen LogP contribution >= 0.6 is 0 Å². The summed E-state index contributed by atoms with van der Waals surface area (Å²) < 4.78 is 0. The van der Waals surface area contributed by atoms with Crippen molar-refractivity contribution < 1.29 is 9.59 Å². The monoisotopic (exact) mass is 470 g/mol. The summed E-state index contributed by atoms with van der Waals surface area (Å²) in [6.07, 6.45) is 2.62. The lowest BCUT2D eigenvalue weighted by atomic mass is 9.96. The van der Waals surface area contributed by atoms with Gasteiger partial charge in [0.05, 0.1) is 23.1 Å². The fraction of sp³-hybridized carbons (Fsp3) is 0.333. The van der Waals surface area contributed by atoms with E-state index in [1.807, 2.05) is 42.3 Å². The molecule has 2 N–H and O–H groups in total. The third kappa shape index (κ3) is 5.33. The zero-order valence-corrected chi connectivity index (χ0v) is 20.1. The van der Waals surface area contributed by atoms with Crippen LogP contribution in [0.4, 0.5) is 5.69 Å². The van der Waals surface area contributed by atoms with Gasteiger partial charge in [-0.1, -0.05) is 24.3 Å². The van der Waals surface area contributed by atoms with Crippen molar-refractivity contribution >= 4 is 39.4 Å². The van der Waals surface area contributed by atoms with Crippen LogP contribution in [0.3, 0.4) is 0 Å². The molecule has 2 aromatic carbocycles. The molecule has 1 atom stereocenters. The molecule has 0 saturated carbocycles. The largest absolute Gasteiger partial charge is 0.342 e. The van der Waals surface area contributed by atoms with Crippen LogP contribution in [0.15, 0.2) is 54.7 Å². The van der Waals surface area contributed by atoms with Crippen LogP contribution in [-0.4, -0.2) is 69.3 Å². The van der Waals surface area contributed by atoms with Crippen molar-refractivity contribution in [3.63, 3.8) is 0 Å². The summed E-state index contributed by atoms with van der Waals surface area (Å²) in [7, 11) is 0. The molecule has 180 valence electrons. The number of para-hydroxylation sites is 1. The number of nitrogens with zero attached hydrogens (tertiary/aromatic N) is 4. The van der Waals surface area contributed by atoms with Gasteiger partial charge in [0.25, 0.3) is 0 Å². The Morgan fingerprint density at radius 1 is 1.11 bits per heavy atom. The Morgan fingerprint density at radius 2 is 1.97 bits per heavy atom. The highest BCUT2D eigenvalue weighted by Crippen LogP contribution is 2.22. The molecule has 1 unspecified atom stereocenters. The standard InChI is InChI=1S/C27H30N6O2/c1-18-29-24-9-8-23(14-25(24)30-18)31-26(35)17-32-11-12-33(19(2)34)16-20(15-32)13-22-6-3-5-21-7-4-10-28-27(21)22/h3-10,14,20H,11-13,15-17H2,1-2H3,(H,29,30)(H,31,35). The molecule has 5 rings (SSSR count). The number of carbonyl (C=O) groups is 2. The van der Waals surface area contributed by atoms with Gasteiger partial charge < -0.3 is 15.2 Å². The van der Waals surface area contributed by atoms with E-state index in [9.17, 15) is 9.59 Å². The van der Waals surface area contributed by atoms with E-state index in [-0.39, 0.29) is 24.3 Å². The molecule has 1 saturated heterocycles. The summed E-state index contributed by atoms with van der Waals surface area (Å²) in [5.41, 5.74) is 4.69. The maximum absolute atomic E-state index is 12.9. The highest BCUT2D eigenvalue weighted by Gasteiger charge is 2.26. The summed E-state index contributed by atoms with van der Waals surface area (Å²) >= 11 is 0. The summed E-state index contributed by atoms with van der Waals surface area (Å²) in [4.78, 5) is 41.4. The second kappa shape index (κ2) is 9.84. The quantitative estimate of drug-likeness (QED) is 0.466. The summed E-state index contributed by atoms with van der Waals surface area (Å²) in [6, 6.07) is 15.9. The first kappa shape index (κ1) is 23.0. The van der Waals surface area contributed by atoms with E-state index in [1.54, 1.807) is 6.92 Å². The van der Waals surface area contributed by atoms with Crippen LogP contribution in [0, 0.1) is 12.8 Å². The number of benzene rings is 2. The minimum Gasteiger partial charge on any atom is -0.342 e. The molecule has 0 aliphatic carbocycles. The molecular formula is C27H30N6O2. The third-order valence-corrected chi connectivity index (χ3v) is 6.60. The van der Waals surface area contributed by atoms with Crippen LogP contribution < -0.4 is 5.32 Å². The Balaban J connectivity index is 1.29. The Bertz CT molecular complexity index is 1380. The average molecular weight is 471 g/mol. The van der Waals surface area contributed by atoms with E-state index in [4.69, 9.17) is 0 Å². The number of rotatable bonds is 5. The van der Waals surface area contributed by atoms with Gasteiger partial charge in [0, 0.05) is 50.4 Å². The number of hydrogen-bond acceptors (Lipinski definition) is 5. The number of carbonyl (C=O) groups excluding carboxylic acids is 2. The van der Waals surface area contributed by atoms with E-state index in [2.05, 4.69) is 49.4 Å². The van der Waals surface area contributed by atoms with Crippen molar-refractivity contribution in [3.05, 3.63) is 66.1 Å². The molecule has 1 aliphatic heterocycles. The number of aryl methyl sites for hydroxylation is 1. The van der Waals surface area contributed by atoms with Crippen LogP contribution in [0.5, 0.6) is 0 Å². The lowest BCUT2D eigenvalue weighted by molar-refractivity contribution is -0.129. The molecule has 1 aliphatic rings. The van der Waals surface area contributed by atoms with Gasteiger partial charge >= 0.3 is 0 Å². The number of anilines is 1. The van der Waals surface area contributed by atoms with Gasteiger partial charge in [-0.15, -0.1) is 0 Å². The number of pyridine rings is 1. The summed E-state index contributed by atoms with van der Waals surface area (Å²) in [5.74, 6) is 1.05. The van der Waals surface area contributed by atoms with Crippen LogP contribution in [-0.2, 0) is 16.0 Å². The van der Waals surface area contributed by atoms with Crippen LogP contribution in [0.1, 0.15) is 18.3 Å². The average Bonchev–Trinajstić information content (AvgIpc) is 3.08. The Labute approximate surface area is 204 Å². The number of aromatic amines is 1. The molecule has 1 fully saturated rings. The zero-order valence-electron chi connectivity index (χ0n) is 20.1. The molecule has 0 spiro atoms. The fourth-order valence-electron chi connectivity index (χ4n) is 5.00. The minimum absolute atomic E-state index is 0.0672. The van der Waals surface area contributed by atoms with E-state index < -0.39 is 0 Å². The van der Waals surface area contributed by atoms with E-state index in [0.717, 1.165) is 46.4 Å². The summed E-state index contributed by atoms with van der Waals surface area (Å²) in [5, 5.41) is 4.13. The number of H-pyrrole nitrogens is 1. The smallest absolute Gasteiger partial charge is 0.238 e. The fourth-order valence-corrected chi connectivity index (χ4v) is 5.00. The highest BCUT2D eigenvalue weighted by atomic mass is 16.2. The van der Waals surface area contributed by atoms with Crippen molar-refractivity contribution in [2.45, 2.75) is 20.3 Å². The van der Waals surface area contributed by atoms with E-state index in [1.165, 1.54) is 5.56 Å². The topological polar surface area (TPSA) is 94.2 Å². The molecule has 4 aromatic rings. The van der Waals surface area contributed by atoms with Gasteiger partial charge in [-0.05, 0) is 49.1 Å². The van der Waals surface area contributed by atoms with Gasteiger partial charge in [0.2, 0.25) is 11.8 Å². The second-order valence-corrected chi connectivity index (χ2v) is 9.36. The minimum atomic E-state index is -0.0672. The van der Waals surface area contributed by atoms with Crippen molar-refractivity contribution in [2.75, 3.05) is 38.0 Å².